The second kappa shape index (κ2) is 8.93. The van der Waals surface area contributed by atoms with E-state index in [1.54, 1.807) is 24.3 Å². The summed E-state index contributed by atoms with van der Waals surface area (Å²) in [5.74, 6) is 0.871. The van der Waals surface area contributed by atoms with Gasteiger partial charge in [-0.05, 0) is 30.3 Å². The van der Waals surface area contributed by atoms with Crippen molar-refractivity contribution in [2.75, 3.05) is 18.4 Å². The number of hydrogen-bond donors (Lipinski definition) is 3. The van der Waals surface area contributed by atoms with Gasteiger partial charge in [0.1, 0.15) is 17.6 Å². The van der Waals surface area contributed by atoms with Crippen LogP contribution < -0.4 is 20.7 Å². The highest BCUT2D eigenvalue weighted by Crippen LogP contribution is 2.27. The van der Waals surface area contributed by atoms with E-state index in [0.29, 0.717) is 35.8 Å². The molecule has 0 saturated heterocycles. The van der Waals surface area contributed by atoms with Crippen LogP contribution in [0, 0.1) is 11.3 Å². The first-order valence-electron chi connectivity index (χ1n) is 7.65. The topological polar surface area (TPSA) is 103 Å². The Bertz CT molecular complexity index is 785. The molecular formula is C18H18N4O3. The molecule has 0 heterocycles. The minimum absolute atomic E-state index is 0.158. The highest BCUT2D eigenvalue weighted by atomic mass is 16.5. The van der Waals surface area contributed by atoms with Crippen LogP contribution in [0.5, 0.6) is 11.5 Å². The molecular weight excluding hydrogens is 320 g/mol. The Morgan fingerprint density at radius 2 is 1.80 bits per heavy atom. The first kappa shape index (κ1) is 17.8. The van der Waals surface area contributed by atoms with Crippen molar-refractivity contribution in [3.05, 3.63) is 54.1 Å². The van der Waals surface area contributed by atoms with Gasteiger partial charge in [-0.25, -0.2) is 4.79 Å². The van der Waals surface area contributed by atoms with E-state index in [2.05, 4.69) is 22.0 Å². The standard InChI is InChI=1S/C18H18N4O3/c1-13(23)20-9-10-21-18(24)22-15-7-8-17(14(11-15)12-19)25-16-5-3-2-4-6-16/h2-8,11H,9-10H2,1H3,(H,20,23)(H2,21,22,24). The molecule has 0 unspecified atom stereocenters. The summed E-state index contributed by atoms with van der Waals surface area (Å²) in [5, 5.41) is 17.1. The van der Waals surface area contributed by atoms with Crippen LogP contribution in [0.25, 0.3) is 0 Å². The van der Waals surface area contributed by atoms with Crippen molar-refractivity contribution in [3.63, 3.8) is 0 Å². The summed E-state index contributed by atoms with van der Waals surface area (Å²) in [6, 6.07) is 15.5. The summed E-state index contributed by atoms with van der Waals surface area (Å²) in [7, 11) is 0. The van der Waals surface area contributed by atoms with Gasteiger partial charge in [0.05, 0.1) is 5.56 Å². The number of rotatable bonds is 6. The van der Waals surface area contributed by atoms with Gasteiger partial charge in [0.25, 0.3) is 0 Å². The molecule has 0 radical (unpaired) electrons. The number of nitrogens with one attached hydrogen (secondary N) is 3. The summed E-state index contributed by atoms with van der Waals surface area (Å²) in [6.07, 6.45) is 0. The molecule has 25 heavy (non-hydrogen) atoms. The van der Waals surface area contributed by atoms with Crippen LogP contribution in [0.4, 0.5) is 10.5 Å². The lowest BCUT2D eigenvalue weighted by atomic mass is 10.2. The van der Waals surface area contributed by atoms with E-state index in [1.807, 2.05) is 18.2 Å². The Balaban J connectivity index is 1.95. The molecule has 0 saturated carbocycles. The lowest BCUT2D eigenvalue weighted by Crippen LogP contribution is -2.36. The molecule has 0 atom stereocenters. The molecule has 0 aliphatic heterocycles. The van der Waals surface area contributed by atoms with Gasteiger partial charge in [-0.15, -0.1) is 0 Å². The molecule has 128 valence electrons. The van der Waals surface area contributed by atoms with Crippen molar-refractivity contribution >= 4 is 17.6 Å². The maximum atomic E-state index is 11.8. The number of nitrogens with zero attached hydrogens (tertiary/aromatic N) is 1. The third-order valence-electron chi connectivity index (χ3n) is 3.11. The molecule has 0 aromatic heterocycles. The van der Waals surface area contributed by atoms with Gasteiger partial charge in [-0.2, -0.15) is 5.26 Å². The zero-order valence-electron chi connectivity index (χ0n) is 13.7. The molecule has 7 nitrogen and oxygen atoms in total. The third kappa shape index (κ3) is 5.88. The Hall–Kier alpha value is -3.53. The summed E-state index contributed by atoms with van der Waals surface area (Å²) in [4.78, 5) is 22.5. The molecule has 3 N–H and O–H groups in total. The Kier molecular flexibility index (Phi) is 6.37. The number of urea groups is 1. The molecule has 2 rings (SSSR count). The monoisotopic (exact) mass is 338 g/mol. The van der Waals surface area contributed by atoms with E-state index < -0.39 is 6.03 Å². The molecule has 0 aliphatic rings. The van der Waals surface area contributed by atoms with Gasteiger partial charge < -0.3 is 20.7 Å². The lowest BCUT2D eigenvalue weighted by Gasteiger charge is -2.11. The Morgan fingerprint density at radius 3 is 2.48 bits per heavy atom. The second-order valence-corrected chi connectivity index (χ2v) is 5.10. The molecule has 0 aliphatic carbocycles. The van der Waals surface area contributed by atoms with Crippen molar-refractivity contribution in [2.24, 2.45) is 0 Å². The number of para-hydroxylation sites is 1. The first-order valence-corrected chi connectivity index (χ1v) is 7.65. The van der Waals surface area contributed by atoms with Crippen molar-refractivity contribution in [3.8, 4) is 17.6 Å². The van der Waals surface area contributed by atoms with Gasteiger partial charge >= 0.3 is 6.03 Å². The van der Waals surface area contributed by atoms with E-state index in [-0.39, 0.29) is 5.91 Å². The van der Waals surface area contributed by atoms with Crippen molar-refractivity contribution in [1.29, 1.82) is 5.26 Å². The van der Waals surface area contributed by atoms with Gasteiger partial charge in [0.15, 0.2) is 0 Å². The predicted octanol–water partition coefficient (Wildman–Crippen LogP) is 2.61. The van der Waals surface area contributed by atoms with Crippen LogP contribution >= 0.6 is 0 Å². The predicted molar refractivity (Wildman–Crippen MR) is 93.4 cm³/mol. The van der Waals surface area contributed by atoms with E-state index in [0.717, 1.165) is 0 Å². The number of carbonyl (C=O) groups is 2. The molecule has 7 heteroatoms. The van der Waals surface area contributed by atoms with E-state index in [9.17, 15) is 14.9 Å². The maximum Gasteiger partial charge on any atom is 0.319 e. The number of benzene rings is 2. The summed E-state index contributed by atoms with van der Waals surface area (Å²) in [6.45, 7) is 2.05. The SMILES string of the molecule is CC(=O)NCCNC(=O)Nc1ccc(Oc2ccccc2)c(C#N)c1. The molecule has 0 fully saturated rings. The number of nitriles is 1. The van der Waals surface area contributed by atoms with Crippen LogP contribution in [0.3, 0.4) is 0 Å². The quantitative estimate of drug-likeness (QED) is 0.704. The number of anilines is 1. The summed E-state index contributed by atoms with van der Waals surface area (Å²) in [5.41, 5.74) is 0.772. The molecule has 0 spiro atoms. The number of hydrogen-bond acceptors (Lipinski definition) is 4. The minimum Gasteiger partial charge on any atom is -0.456 e. The largest absolute Gasteiger partial charge is 0.456 e. The highest BCUT2D eigenvalue weighted by molar-refractivity contribution is 5.89. The summed E-state index contributed by atoms with van der Waals surface area (Å²) >= 11 is 0. The summed E-state index contributed by atoms with van der Waals surface area (Å²) < 4.78 is 5.67. The fourth-order valence-electron chi connectivity index (χ4n) is 1.99. The van der Waals surface area contributed by atoms with E-state index in [1.165, 1.54) is 13.0 Å². The van der Waals surface area contributed by atoms with E-state index >= 15 is 0 Å². The Labute approximate surface area is 145 Å². The minimum atomic E-state index is -0.425. The van der Waals surface area contributed by atoms with Crippen LogP contribution in [0.2, 0.25) is 0 Å². The average Bonchev–Trinajstić information content (AvgIpc) is 2.61. The van der Waals surface area contributed by atoms with Crippen LogP contribution in [0.15, 0.2) is 48.5 Å². The van der Waals surface area contributed by atoms with Gasteiger partial charge in [-0.3, -0.25) is 4.79 Å². The third-order valence-corrected chi connectivity index (χ3v) is 3.11. The smallest absolute Gasteiger partial charge is 0.319 e. The van der Waals surface area contributed by atoms with Crippen LogP contribution in [0.1, 0.15) is 12.5 Å². The first-order chi connectivity index (χ1) is 12.1. The van der Waals surface area contributed by atoms with E-state index in [4.69, 9.17) is 4.74 Å². The van der Waals surface area contributed by atoms with Crippen molar-refractivity contribution in [2.45, 2.75) is 6.92 Å². The van der Waals surface area contributed by atoms with Crippen molar-refractivity contribution < 1.29 is 14.3 Å². The fraction of sp³-hybridized carbons (Fsp3) is 0.167. The molecule has 2 aromatic carbocycles. The van der Waals surface area contributed by atoms with Crippen molar-refractivity contribution in [1.82, 2.24) is 10.6 Å². The van der Waals surface area contributed by atoms with Gasteiger partial charge in [-0.1, -0.05) is 18.2 Å². The second-order valence-electron chi connectivity index (χ2n) is 5.10. The Morgan fingerprint density at radius 1 is 1.08 bits per heavy atom. The number of carbonyl (C=O) groups excluding carboxylic acids is 2. The molecule has 2 aromatic rings. The van der Waals surface area contributed by atoms with Crippen LogP contribution in [-0.2, 0) is 4.79 Å². The lowest BCUT2D eigenvalue weighted by molar-refractivity contribution is -0.118. The zero-order chi connectivity index (χ0) is 18.1. The van der Waals surface area contributed by atoms with Gasteiger partial charge in [0.2, 0.25) is 5.91 Å². The van der Waals surface area contributed by atoms with Crippen LogP contribution in [-0.4, -0.2) is 25.0 Å². The molecule has 0 bridgehead atoms. The highest BCUT2D eigenvalue weighted by Gasteiger charge is 2.08. The molecule has 3 amide bonds. The number of amides is 3. The van der Waals surface area contributed by atoms with Gasteiger partial charge in [0, 0.05) is 25.7 Å². The number of ether oxygens (including phenoxy) is 1. The fourth-order valence-corrected chi connectivity index (χ4v) is 1.99. The zero-order valence-corrected chi connectivity index (χ0v) is 13.7. The normalized spacial score (nSPS) is 9.60. The maximum absolute atomic E-state index is 11.8. The average molecular weight is 338 g/mol.